The van der Waals surface area contributed by atoms with Gasteiger partial charge in [0.05, 0.1) is 23.3 Å². The predicted molar refractivity (Wildman–Crippen MR) is 87.2 cm³/mol. The standard InChI is InChI=1S/C18H18FNO5/c1-4-24-18(23)16-11(3)20-10(2)15(16)14(21)9-25-17(22)12-7-5-6-8-13(12)19/h5-8,20H,4,9H2,1-3H3. The minimum absolute atomic E-state index is 0.109. The number of rotatable bonds is 6. The molecule has 0 amide bonds. The Labute approximate surface area is 143 Å². The van der Waals surface area contributed by atoms with Gasteiger partial charge in [0.25, 0.3) is 0 Å². The predicted octanol–water partition coefficient (Wildman–Crippen LogP) is 2.99. The fourth-order valence-electron chi connectivity index (χ4n) is 2.50. The number of Topliss-reactive ketones (excluding diaryl/α,β-unsaturated/α-hetero) is 1. The molecule has 0 aliphatic heterocycles. The van der Waals surface area contributed by atoms with E-state index in [0.717, 1.165) is 6.07 Å². The molecule has 0 saturated heterocycles. The van der Waals surface area contributed by atoms with Crippen LogP contribution in [0.1, 0.15) is 49.4 Å². The molecule has 7 heteroatoms. The first-order chi connectivity index (χ1) is 11.9. The topological polar surface area (TPSA) is 85.5 Å². The molecule has 0 aliphatic rings. The van der Waals surface area contributed by atoms with E-state index >= 15 is 0 Å². The van der Waals surface area contributed by atoms with Gasteiger partial charge < -0.3 is 14.5 Å². The summed E-state index contributed by atoms with van der Waals surface area (Å²) in [6.45, 7) is 4.48. The lowest BCUT2D eigenvalue weighted by molar-refractivity contribution is 0.0467. The zero-order chi connectivity index (χ0) is 18.6. The molecule has 0 fully saturated rings. The minimum atomic E-state index is -0.950. The molecule has 0 atom stereocenters. The molecule has 1 N–H and O–H groups in total. The Morgan fingerprint density at radius 3 is 2.28 bits per heavy atom. The third kappa shape index (κ3) is 3.93. The Morgan fingerprint density at radius 2 is 1.64 bits per heavy atom. The molecule has 0 aliphatic carbocycles. The van der Waals surface area contributed by atoms with E-state index in [1.807, 2.05) is 0 Å². The Morgan fingerprint density at radius 1 is 1.00 bits per heavy atom. The van der Waals surface area contributed by atoms with Gasteiger partial charge in [0.15, 0.2) is 6.61 Å². The van der Waals surface area contributed by atoms with Gasteiger partial charge in [-0.15, -0.1) is 0 Å². The minimum Gasteiger partial charge on any atom is -0.462 e. The second-order valence-electron chi connectivity index (χ2n) is 5.32. The van der Waals surface area contributed by atoms with Crippen LogP contribution in [0.5, 0.6) is 0 Å². The molecule has 2 aromatic rings. The summed E-state index contributed by atoms with van der Waals surface area (Å²) in [4.78, 5) is 39.3. The number of halogens is 1. The number of hydrogen-bond donors (Lipinski definition) is 1. The number of carbonyl (C=O) groups excluding carboxylic acids is 3. The second-order valence-corrected chi connectivity index (χ2v) is 5.32. The lowest BCUT2D eigenvalue weighted by Crippen LogP contribution is -2.18. The van der Waals surface area contributed by atoms with Crippen LogP contribution in [-0.4, -0.2) is 35.9 Å². The van der Waals surface area contributed by atoms with Crippen LogP contribution in [0, 0.1) is 19.7 Å². The molecular weight excluding hydrogens is 329 g/mol. The number of nitrogens with one attached hydrogen (secondary N) is 1. The van der Waals surface area contributed by atoms with Gasteiger partial charge in [-0.3, -0.25) is 4.79 Å². The van der Waals surface area contributed by atoms with E-state index in [2.05, 4.69) is 4.98 Å². The number of aromatic nitrogens is 1. The maximum absolute atomic E-state index is 13.6. The zero-order valence-corrected chi connectivity index (χ0v) is 14.1. The molecule has 0 spiro atoms. The Hall–Kier alpha value is -2.96. The van der Waals surface area contributed by atoms with Crippen LogP contribution in [0.2, 0.25) is 0 Å². The van der Waals surface area contributed by atoms with Crippen molar-refractivity contribution in [2.75, 3.05) is 13.2 Å². The molecule has 25 heavy (non-hydrogen) atoms. The molecule has 6 nitrogen and oxygen atoms in total. The molecule has 1 heterocycles. The van der Waals surface area contributed by atoms with Crippen molar-refractivity contribution >= 4 is 17.7 Å². The van der Waals surface area contributed by atoms with Gasteiger partial charge in [-0.2, -0.15) is 0 Å². The zero-order valence-electron chi connectivity index (χ0n) is 14.1. The van der Waals surface area contributed by atoms with Gasteiger partial charge >= 0.3 is 11.9 Å². The van der Waals surface area contributed by atoms with Gasteiger partial charge in [0.1, 0.15) is 5.82 Å². The molecule has 0 bridgehead atoms. The highest BCUT2D eigenvalue weighted by Crippen LogP contribution is 2.20. The lowest BCUT2D eigenvalue weighted by Gasteiger charge is -2.07. The Kier molecular flexibility index (Phi) is 5.69. The monoisotopic (exact) mass is 347 g/mol. The summed E-state index contributed by atoms with van der Waals surface area (Å²) in [6, 6.07) is 5.31. The van der Waals surface area contributed by atoms with Crippen LogP contribution in [0.3, 0.4) is 0 Å². The number of carbonyl (C=O) groups is 3. The van der Waals surface area contributed by atoms with E-state index in [-0.39, 0.29) is 23.3 Å². The van der Waals surface area contributed by atoms with Gasteiger partial charge in [-0.05, 0) is 32.9 Å². The van der Waals surface area contributed by atoms with E-state index in [1.54, 1.807) is 20.8 Å². The van der Waals surface area contributed by atoms with Crippen molar-refractivity contribution in [2.45, 2.75) is 20.8 Å². The molecule has 132 valence electrons. The van der Waals surface area contributed by atoms with Crippen molar-refractivity contribution in [1.82, 2.24) is 4.98 Å². The van der Waals surface area contributed by atoms with Crippen LogP contribution in [0.15, 0.2) is 24.3 Å². The summed E-state index contributed by atoms with van der Waals surface area (Å²) in [5.74, 6) is -2.89. The van der Waals surface area contributed by atoms with E-state index in [9.17, 15) is 18.8 Å². The van der Waals surface area contributed by atoms with Crippen molar-refractivity contribution in [3.05, 3.63) is 58.2 Å². The smallest absolute Gasteiger partial charge is 0.341 e. The van der Waals surface area contributed by atoms with Gasteiger partial charge in [0, 0.05) is 11.4 Å². The lowest BCUT2D eigenvalue weighted by atomic mass is 10.1. The second kappa shape index (κ2) is 7.74. The number of H-pyrrole nitrogens is 1. The van der Waals surface area contributed by atoms with E-state index in [4.69, 9.17) is 9.47 Å². The van der Waals surface area contributed by atoms with Gasteiger partial charge in [-0.1, -0.05) is 12.1 Å². The normalized spacial score (nSPS) is 10.4. The third-order valence-electron chi connectivity index (χ3n) is 3.56. The van der Waals surface area contributed by atoms with Crippen molar-refractivity contribution in [2.24, 2.45) is 0 Å². The summed E-state index contributed by atoms with van der Waals surface area (Å²) >= 11 is 0. The molecular formula is C18H18FNO5. The number of ketones is 1. The average Bonchev–Trinajstić information content (AvgIpc) is 2.87. The summed E-state index contributed by atoms with van der Waals surface area (Å²) < 4.78 is 23.4. The Balaban J connectivity index is 2.18. The summed E-state index contributed by atoms with van der Waals surface area (Å²) in [7, 11) is 0. The van der Waals surface area contributed by atoms with E-state index in [0.29, 0.717) is 11.4 Å². The third-order valence-corrected chi connectivity index (χ3v) is 3.56. The van der Waals surface area contributed by atoms with Crippen molar-refractivity contribution in [3.8, 4) is 0 Å². The number of ether oxygens (including phenoxy) is 2. The van der Waals surface area contributed by atoms with E-state index < -0.39 is 30.1 Å². The summed E-state index contributed by atoms with van der Waals surface area (Å²) in [5, 5.41) is 0. The maximum atomic E-state index is 13.6. The van der Waals surface area contributed by atoms with Crippen molar-refractivity contribution in [3.63, 3.8) is 0 Å². The molecule has 2 rings (SSSR count). The molecule has 0 saturated carbocycles. The summed E-state index contributed by atoms with van der Waals surface area (Å²) in [6.07, 6.45) is 0. The van der Waals surface area contributed by atoms with Crippen LogP contribution in [0.4, 0.5) is 4.39 Å². The Bertz CT molecular complexity index is 825. The van der Waals surface area contributed by atoms with E-state index in [1.165, 1.54) is 18.2 Å². The fraction of sp³-hybridized carbons (Fsp3) is 0.278. The van der Waals surface area contributed by atoms with Crippen LogP contribution in [-0.2, 0) is 9.47 Å². The molecule has 1 aromatic carbocycles. The van der Waals surface area contributed by atoms with Crippen molar-refractivity contribution < 1.29 is 28.2 Å². The number of esters is 2. The first-order valence-electron chi connectivity index (χ1n) is 7.67. The fourth-order valence-corrected chi connectivity index (χ4v) is 2.50. The number of benzene rings is 1. The van der Waals surface area contributed by atoms with Gasteiger partial charge in [-0.25, -0.2) is 14.0 Å². The molecule has 1 aromatic heterocycles. The highest BCUT2D eigenvalue weighted by Gasteiger charge is 2.26. The first-order valence-corrected chi connectivity index (χ1v) is 7.67. The molecule has 0 unspecified atom stereocenters. The number of aryl methyl sites for hydroxylation is 2. The average molecular weight is 347 g/mol. The number of aromatic amines is 1. The maximum Gasteiger partial charge on any atom is 0.341 e. The first kappa shape index (κ1) is 18.4. The van der Waals surface area contributed by atoms with Crippen LogP contribution < -0.4 is 0 Å². The van der Waals surface area contributed by atoms with Crippen LogP contribution >= 0.6 is 0 Å². The molecule has 0 radical (unpaired) electrons. The highest BCUT2D eigenvalue weighted by atomic mass is 19.1. The van der Waals surface area contributed by atoms with Crippen LogP contribution in [0.25, 0.3) is 0 Å². The highest BCUT2D eigenvalue weighted by molar-refractivity contribution is 6.09. The largest absolute Gasteiger partial charge is 0.462 e. The van der Waals surface area contributed by atoms with Gasteiger partial charge in [0.2, 0.25) is 5.78 Å². The SMILES string of the molecule is CCOC(=O)c1c(C)[nH]c(C)c1C(=O)COC(=O)c1ccccc1F. The summed E-state index contributed by atoms with van der Waals surface area (Å²) in [5.41, 5.74) is 0.915. The van der Waals surface area contributed by atoms with Crippen molar-refractivity contribution in [1.29, 1.82) is 0 Å². The number of hydrogen-bond acceptors (Lipinski definition) is 5. The quantitative estimate of drug-likeness (QED) is 0.641.